The maximum atomic E-state index is 12.9. The van der Waals surface area contributed by atoms with Crippen molar-refractivity contribution in [1.82, 2.24) is 0 Å². The number of carbonyl (C=O) groups is 3. The molecule has 1 aliphatic heterocycles. The van der Waals surface area contributed by atoms with Gasteiger partial charge < -0.3 is 14.5 Å². The van der Waals surface area contributed by atoms with Crippen LogP contribution in [0.2, 0.25) is 0 Å². The maximum absolute atomic E-state index is 12.9. The van der Waals surface area contributed by atoms with Crippen molar-refractivity contribution in [3.8, 4) is 11.1 Å². The number of hydrogen-bond donors (Lipinski definition) is 1. The molecule has 1 N–H and O–H groups in total. The SMILES string of the molecule is CC(OC(=O)c1occc1-c1ccccc1)C(=O)N1CC(=O)Nc2ccccc21. The fourth-order valence-electron chi connectivity index (χ4n) is 3.23. The standard InChI is InChI=1S/C22H18N2O5/c1-14(21(26)24-13-19(25)23-17-9-5-6-10-18(17)24)29-22(27)20-16(11-12-28-20)15-7-3-2-4-8-15/h2-12,14H,13H2,1H3,(H,23,25). The molecule has 2 aromatic carbocycles. The maximum Gasteiger partial charge on any atom is 0.375 e. The van der Waals surface area contributed by atoms with Crippen LogP contribution in [0, 0.1) is 0 Å². The van der Waals surface area contributed by atoms with Crippen LogP contribution < -0.4 is 10.2 Å². The second-order valence-corrected chi connectivity index (χ2v) is 6.57. The van der Waals surface area contributed by atoms with Gasteiger partial charge in [0.2, 0.25) is 11.7 Å². The third-order valence-electron chi connectivity index (χ3n) is 4.60. The van der Waals surface area contributed by atoms with E-state index in [1.165, 1.54) is 18.1 Å². The molecule has 1 atom stereocenters. The lowest BCUT2D eigenvalue weighted by Crippen LogP contribution is -2.47. The Balaban J connectivity index is 1.53. The highest BCUT2D eigenvalue weighted by atomic mass is 16.6. The second kappa shape index (κ2) is 7.63. The van der Waals surface area contributed by atoms with Gasteiger partial charge in [0.05, 0.1) is 17.6 Å². The lowest BCUT2D eigenvalue weighted by molar-refractivity contribution is -0.128. The zero-order valence-electron chi connectivity index (χ0n) is 15.6. The largest absolute Gasteiger partial charge is 0.457 e. The number of anilines is 2. The number of benzene rings is 2. The molecule has 1 aromatic heterocycles. The minimum atomic E-state index is -1.10. The van der Waals surface area contributed by atoms with Crippen LogP contribution in [0.4, 0.5) is 11.4 Å². The predicted octanol–water partition coefficient (Wildman–Crippen LogP) is 3.48. The Morgan fingerprint density at radius 1 is 1.07 bits per heavy atom. The topological polar surface area (TPSA) is 88.8 Å². The van der Waals surface area contributed by atoms with Crippen LogP contribution in [-0.2, 0) is 14.3 Å². The average Bonchev–Trinajstić information content (AvgIpc) is 3.23. The van der Waals surface area contributed by atoms with Gasteiger partial charge in [-0.3, -0.25) is 14.5 Å². The third kappa shape index (κ3) is 3.62. The highest BCUT2D eigenvalue weighted by molar-refractivity contribution is 6.11. The number of nitrogens with zero attached hydrogens (tertiary/aromatic N) is 1. The van der Waals surface area contributed by atoms with Gasteiger partial charge in [0.15, 0.2) is 6.10 Å². The predicted molar refractivity (Wildman–Crippen MR) is 106 cm³/mol. The van der Waals surface area contributed by atoms with Gasteiger partial charge >= 0.3 is 5.97 Å². The molecule has 0 bridgehead atoms. The highest BCUT2D eigenvalue weighted by Crippen LogP contribution is 2.30. The number of para-hydroxylation sites is 2. The van der Waals surface area contributed by atoms with E-state index in [-0.39, 0.29) is 18.2 Å². The van der Waals surface area contributed by atoms with Gasteiger partial charge in [-0.2, -0.15) is 0 Å². The van der Waals surface area contributed by atoms with Crippen LogP contribution >= 0.6 is 0 Å². The molecule has 146 valence electrons. The monoisotopic (exact) mass is 390 g/mol. The quantitative estimate of drug-likeness (QED) is 0.689. The molecule has 0 saturated carbocycles. The van der Waals surface area contributed by atoms with Crippen LogP contribution in [0.5, 0.6) is 0 Å². The van der Waals surface area contributed by atoms with Gasteiger partial charge in [-0.25, -0.2) is 4.79 Å². The summed E-state index contributed by atoms with van der Waals surface area (Å²) in [5, 5.41) is 2.72. The molecule has 1 unspecified atom stereocenters. The van der Waals surface area contributed by atoms with Crippen molar-refractivity contribution in [2.24, 2.45) is 0 Å². The number of ether oxygens (including phenoxy) is 1. The minimum Gasteiger partial charge on any atom is -0.457 e. The molecule has 0 spiro atoms. The Hall–Kier alpha value is -3.87. The first kappa shape index (κ1) is 18.5. The number of amides is 2. The van der Waals surface area contributed by atoms with Crippen molar-refractivity contribution in [1.29, 1.82) is 0 Å². The average molecular weight is 390 g/mol. The molecular formula is C22H18N2O5. The van der Waals surface area contributed by atoms with Gasteiger partial charge in [-0.1, -0.05) is 42.5 Å². The molecule has 1 aliphatic rings. The van der Waals surface area contributed by atoms with Crippen LogP contribution in [0.15, 0.2) is 71.3 Å². The van der Waals surface area contributed by atoms with Gasteiger partial charge in [0.1, 0.15) is 6.54 Å². The molecule has 7 nitrogen and oxygen atoms in total. The van der Waals surface area contributed by atoms with Crippen LogP contribution in [0.25, 0.3) is 11.1 Å². The van der Waals surface area contributed by atoms with E-state index in [1.54, 1.807) is 30.3 Å². The fourth-order valence-corrected chi connectivity index (χ4v) is 3.23. The number of furan rings is 1. The van der Waals surface area contributed by atoms with Gasteiger partial charge in [0.25, 0.3) is 5.91 Å². The van der Waals surface area contributed by atoms with Crippen molar-refractivity contribution in [3.05, 3.63) is 72.7 Å². The Morgan fingerprint density at radius 2 is 1.79 bits per heavy atom. The summed E-state index contributed by atoms with van der Waals surface area (Å²) >= 11 is 0. The van der Waals surface area contributed by atoms with E-state index in [4.69, 9.17) is 9.15 Å². The number of hydrogen-bond acceptors (Lipinski definition) is 5. The molecule has 0 aliphatic carbocycles. The Labute approximate surface area is 166 Å². The number of rotatable bonds is 4. The lowest BCUT2D eigenvalue weighted by atomic mass is 10.1. The van der Waals surface area contributed by atoms with Crippen molar-refractivity contribution >= 4 is 29.2 Å². The summed E-state index contributed by atoms with van der Waals surface area (Å²) < 4.78 is 10.7. The Bertz CT molecular complexity index is 1070. The molecule has 0 saturated heterocycles. The van der Waals surface area contributed by atoms with E-state index in [1.807, 2.05) is 30.3 Å². The highest BCUT2D eigenvalue weighted by Gasteiger charge is 2.32. The van der Waals surface area contributed by atoms with E-state index in [0.717, 1.165) is 5.56 Å². The first-order chi connectivity index (χ1) is 14.0. The first-order valence-corrected chi connectivity index (χ1v) is 9.09. The van der Waals surface area contributed by atoms with Crippen molar-refractivity contribution in [2.75, 3.05) is 16.8 Å². The Kier molecular flexibility index (Phi) is 4.87. The van der Waals surface area contributed by atoms with Crippen LogP contribution in [0.3, 0.4) is 0 Å². The van der Waals surface area contributed by atoms with Crippen LogP contribution in [0.1, 0.15) is 17.5 Å². The minimum absolute atomic E-state index is 0.0210. The van der Waals surface area contributed by atoms with Crippen LogP contribution in [-0.4, -0.2) is 30.4 Å². The summed E-state index contributed by atoms with van der Waals surface area (Å²) in [7, 11) is 0. The summed E-state index contributed by atoms with van der Waals surface area (Å²) in [6, 6.07) is 17.9. The summed E-state index contributed by atoms with van der Waals surface area (Å²) in [6.07, 6.45) is 0.298. The van der Waals surface area contributed by atoms with Gasteiger partial charge in [0, 0.05) is 5.56 Å². The molecule has 0 radical (unpaired) electrons. The van der Waals surface area contributed by atoms with E-state index < -0.39 is 18.0 Å². The molecule has 2 amide bonds. The van der Waals surface area contributed by atoms with E-state index in [9.17, 15) is 14.4 Å². The zero-order valence-corrected chi connectivity index (χ0v) is 15.6. The summed E-state index contributed by atoms with van der Waals surface area (Å²) in [4.78, 5) is 38.8. The summed E-state index contributed by atoms with van der Waals surface area (Å²) in [6.45, 7) is 1.33. The first-order valence-electron chi connectivity index (χ1n) is 9.09. The van der Waals surface area contributed by atoms with E-state index in [0.29, 0.717) is 16.9 Å². The number of fused-ring (bicyclic) bond motifs is 1. The molecule has 4 rings (SSSR count). The molecule has 3 aromatic rings. The molecule has 29 heavy (non-hydrogen) atoms. The van der Waals surface area contributed by atoms with Gasteiger partial charge in [-0.15, -0.1) is 0 Å². The van der Waals surface area contributed by atoms with Crippen molar-refractivity contribution in [2.45, 2.75) is 13.0 Å². The Morgan fingerprint density at radius 3 is 2.59 bits per heavy atom. The van der Waals surface area contributed by atoms with Crippen molar-refractivity contribution in [3.63, 3.8) is 0 Å². The lowest BCUT2D eigenvalue weighted by Gasteiger charge is -2.30. The molecular weight excluding hydrogens is 372 g/mol. The summed E-state index contributed by atoms with van der Waals surface area (Å²) in [5.74, 6) is -1.53. The molecule has 2 heterocycles. The summed E-state index contributed by atoms with van der Waals surface area (Å²) in [5.41, 5.74) is 2.47. The zero-order chi connectivity index (χ0) is 20.4. The van der Waals surface area contributed by atoms with E-state index in [2.05, 4.69) is 5.32 Å². The second-order valence-electron chi connectivity index (χ2n) is 6.57. The molecule has 7 heteroatoms. The normalized spacial score (nSPS) is 14.0. The van der Waals surface area contributed by atoms with Crippen molar-refractivity contribution < 1.29 is 23.5 Å². The third-order valence-corrected chi connectivity index (χ3v) is 4.60. The van der Waals surface area contributed by atoms with Gasteiger partial charge in [-0.05, 0) is 30.7 Å². The fraction of sp³-hybridized carbons (Fsp3) is 0.136. The smallest absolute Gasteiger partial charge is 0.375 e. The number of carbonyl (C=O) groups excluding carboxylic acids is 3. The number of esters is 1. The number of nitrogens with one attached hydrogen (secondary N) is 1. The van der Waals surface area contributed by atoms with E-state index >= 15 is 0 Å². The molecule has 0 fully saturated rings.